The number of halogens is 1. The van der Waals surface area contributed by atoms with Gasteiger partial charge in [0.15, 0.2) is 0 Å². The summed E-state index contributed by atoms with van der Waals surface area (Å²) in [7, 11) is 3.69. The van der Waals surface area contributed by atoms with Crippen molar-refractivity contribution in [1.82, 2.24) is 19.1 Å². The average molecular weight is 426 g/mol. The molecule has 2 aromatic heterocycles. The summed E-state index contributed by atoms with van der Waals surface area (Å²) in [5.74, 6) is 1.46. The summed E-state index contributed by atoms with van der Waals surface area (Å²) in [6.45, 7) is 1.96. The van der Waals surface area contributed by atoms with Crippen LogP contribution in [0.1, 0.15) is 17.1 Å². The predicted octanol–water partition coefficient (Wildman–Crippen LogP) is 5.47. The topological polar surface area (TPSA) is 44.9 Å². The largest absolute Gasteiger partial charge is 0.495 e. The minimum atomic E-state index is -0.232. The Morgan fingerprint density at radius 1 is 1.03 bits per heavy atom. The van der Waals surface area contributed by atoms with Gasteiger partial charge in [-0.05, 0) is 48.4 Å². The Bertz CT molecular complexity index is 1420. The lowest BCUT2D eigenvalue weighted by atomic mass is 10.0. The highest BCUT2D eigenvalue weighted by molar-refractivity contribution is 5.93. The Hall–Kier alpha value is -3.93. The molecule has 0 aliphatic rings. The minimum absolute atomic E-state index is 0.232. The first kappa shape index (κ1) is 20.0. The van der Waals surface area contributed by atoms with Crippen molar-refractivity contribution in [2.24, 2.45) is 7.05 Å². The monoisotopic (exact) mass is 426 g/mol. The van der Waals surface area contributed by atoms with Crippen LogP contribution in [0.15, 0.2) is 73.2 Å². The van der Waals surface area contributed by atoms with Crippen molar-refractivity contribution >= 4 is 11.0 Å². The molecule has 5 rings (SSSR count). The van der Waals surface area contributed by atoms with E-state index in [0.717, 1.165) is 50.7 Å². The van der Waals surface area contributed by atoms with Gasteiger partial charge in [-0.1, -0.05) is 30.3 Å². The molecule has 0 saturated carbocycles. The standard InChI is InChI=1S/C26H23FN4O/c1-17-15-31(16-28-17)22-12-9-19(14-24(22)32-3)21-5-4-6-23-26(21)29-25(30(23)2)13-18-7-10-20(27)11-8-18/h4-12,14-16H,13H2,1-3H3. The summed E-state index contributed by atoms with van der Waals surface area (Å²) in [6.07, 6.45) is 4.39. The van der Waals surface area contributed by atoms with Gasteiger partial charge in [0, 0.05) is 25.2 Å². The number of fused-ring (bicyclic) bond motifs is 1. The highest BCUT2D eigenvalue weighted by atomic mass is 19.1. The highest BCUT2D eigenvalue weighted by Gasteiger charge is 2.15. The lowest BCUT2D eigenvalue weighted by Crippen LogP contribution is -1.99. The molecular weight excluding hydrogens is 403 g/mol. The number of hydrogen-bond acceptors (Lipinski definition) is 3. The van der Waals surface area contributed by atoms with E-state index >= 15 is 0 Å². The van der Waals surface area contributed by atoms with Crippen LogP contribution in [0.3, 0.4) is 0 Å². The van der Waals surface area contributed by atoms with Crippen LogP contribution in [0, 0.1) is 12.7 Å². The van der Waals surface area contributed by atoms with Crippen molar-refractivity contribution in [1.29, 1.82) is 0 Å². The molecule has 3 aromatic carbocycles. The van der Waals surface area contributed by atoms with Crippen molar-refractivity contribution in [3.8, 4) is 22.6 Å². The van der Waals surface area contributed by atoms with Gasteiger partial charge in [0.1, 0.15) is 17.4 Å². The number of para-hydroxylation sites is 1. The second-order valence-corrected chi connectivity index (χ2v) is 7.87. The Kier molecular flexibility index (Phi) is 4.98. The summed E-state index contributed by atoms with van der Waals surface area (Å²) < 4.78 is 23.0. The summed E-state index contributed by atoms with van der Waals surface area (Å²) in [4.78, 5) is 9.27. The van der Waals surface area contributed by atoms with E-state index in [1.54, 1.807) is 25.6 Å². The van der Waals surface area contributed by atoms with Crippen molar-refractivity contribution in [3.63, 3.8) is 0 Å². The van der Waals surface area contributed by atoms with Crippen molar-refractivity contribution in [2.75, 3.05) is 7.11 Å². The first-order valence-corrected chi connectivity index (χ1v) is 10.4. The number of benzene rings is 3. The first-order valence-electron chi connectivity index (χ1n) is 10.4. The number of aryl methyl sites for hydroxylation is 2. The maximum absolute atomic E-state index is 13.3. The zero-order chi connectivity index (χ0) is 22.2. The van der Waals surface area contributed by atoms with Crippen molar-refractivity contribution in [2.45, 2.75) is 13.3 Å². The molecule has 6 heteroatoms. The smallest absolute Gasteiger partial charge is 0.143 e. The molecule has 0 bridgehead atoms. The third-order valence-electron chi connectivity index (χ3n) is 5.76. The molecule has 160 valence electrons. The lowest BCUT2D eigenvalue weighted by Gasteiger charge is -2.12. The van der Waals surface area contributed by atoms with Crippen LogP contribution in [0.25, 0.3) is 27.8 Å². The van der Waals surface area contributed by atoms with Gasteiger partial charge in [-0.25, -0.2) is 14.4 Å². The molecule has 0 aliphatic carbocycles. The van der Waals surface area contributed by atoms with E-state index in [0.29, 0.717) is 6.42 Å². The lowest BCUT2D eigenvalue weighted by molar-refractivity contribution is 0.413. The highest BCUT2D eigenvalue weighted by Crippen LogP contribution is 2.34. The molecular formula is C26H23FN4O. The molecule has 0 N–H and O–H groups in total. The van der Waals surface area contributed by atoms with Crippen molar-refractivity contribution < 1.29 is 9.13 Å². The van der Waals surface area contributed by atoms with Crippen LogP contribution in [0.2, 0.25) is 0 Å². The molecule has 0 amide bonds. The van der Waals surface area contributed by atoms with E-state index in [-0.39, 0.29) is 5.82 Å². The molecule has 0 radical (unpaired) electrons. The molecule has 0 atom stereocenters. The SMILES string of the molecule is COc1cc(-c2cccc3c2nc(Cc2ccc(F)cc2)n3C)ccc1-n1cnc(C)c1. The molecule has 0 unspecified atom stereocenters. The van der Waals surface area contributed by atoms with Gasteiger partial charge < -0.3 is 13.9 Å². The third kappa shape index (κ3) is 3.54. The van der Waals surface area contributed by atoms with Crippen LogP contribution < -0.4 is 4.74 Å². The molecule has 0 saturated heterocycles. The molecule has 32 heavy (non-hydrogen) atoms. The number of ether oxygens (including phenoxy) is 1. The molecule has 5 nitrogen and oxygen atoms in total. The first-order chi connectivity index (χ1) is 15.5. The Morgan fingerprint density at radius 2 is 1.84 bits per heavy atom. The van der Waals surface area contributed by atoms with Crippen LogP contribution in [0.4, 0.5) is 4.39 Å². The van der Waals surface area contributed by atoms with Gasteiger partial charge in [-0.3, -0.25) is 0 Å². The molecule has 2 heterocycles. The summed E-state index contributed by atoms with van der Waals surface area (Å²) in [6, 6.07) is 18.9. The van der Waals surface area contributed by atoms with E-state index in [1.807, 2.05) is 42.9 Å². The second kappa shape index (κ2) is 7.96. The molecule has 5 aromatic rings. The quantitative estimate of drug-likeness (QED) is 0.374. The second-order valence-electron chi connectivity index (χ2n) is 7.87. The van der Waals surface area contributed by atoms with Gasteiger partial charge in [0.05, 0.1) is 35.9 Å². The van der Waals surface area contributed by atoms with E-state index < -0.39 is 0 Å². The third-order valence-corrected chi connectivity index (χ3v) is 5.76. The number of rotatable bonds is 5. The van der Waals surface area contributed by atoms with E-state index in [4.69, 9.17) is 9.72 Å². The van der Waals surface area contributed by atoms with E-state index in [9.17, 15) is 4.39 Å². The normalized spacial score (nSPS) is 11.2. The van der Waals surface area contributed by atoms with Gasteiger partial charge in [0.2, 0.25) is 0 Å². The van der Waals surface area contributed by atoms with E-state index in [1.165, 1.54) is 12.1 Å². The Balaban J connectivity index is 1.57. The number of imidazole rings is 2. The van der Waals surface area contributed by atoms with Crippen LogP contribution in [-0.4, -0.2) is 26.2 Å². The number of hydrogen-bond donors (Lipinski definition) is 0. The van der Waals surface area contributed by atoms with E-state index in [2.05, 4.69) is 27.8 Å². The minimum Gasteiger partial charge on any atom is -0.495 e. The summed E-state index contributed by atoms with van der Waals surface area (Å²) >= 11 is 0. The van der Waals surface area contributed by atoms with Crippen LogP contribution >= 0.6 is 0 Å². The number of nitrogens with zero attached hydrogens (tertiary/aromatic N) is 4. The maximum atomic E-state index is 13.3. The molecule has 0 aliphatic heterocycles. The fraction of sp³-hybridized carbons (Fsp3) is 0.154. The number of aromatic nitrogens is 4. The van der Waals surface area contributed by atoms with Crippen molar-refractivity contribution in [3.05, 3.63) is 96.1 Å². The fourth-order valence-electron chi connectivity index (χ4n) is 4.05. The van der Waals surface area contributed by atoms with Gasteiger partial charge >= 0.3 is 0 Å². The number of methoxy groups -OCH3 is 1. The Morgan fingerprint density at radius 3 is 2.56 bits per heavy atom. The van der Waals surface area contributed by atoms with Crippen LogP contribution in [0.5, 0.6) is 5.75 Å². The summed E-state index contributed by atoms with van der Waals surface area (Å²) in [5, 5.41) is 0. The van der Waals surface area contributed by atoms with Gasteiger partial charge in [0.25, 0.3) is 0 Å². The zero-order valence-electron chi connectivity index (χ0n) is 18.2. The predicted molar refractivity (Wildman–Crippen MR) is 124 cm³/mol. The fourth-order valence-corrected chi connectivity index (χ4v) is 4.05. The maximum Gasteiger partial charge on any atom is 0.143 e. The molecule has 0 spiro atoms. The Labute approximate surface area is 185 Å². The van der Waals surface area contributed by atoms with Gasteiger partial charge in [-0.15, -0.1) is 0 Å². The average Bonchev–Trinajstić information content (AvgIpc) is 3.38. The van der Waals surface area contributed by atoms with Gasteiger partial charge in [-0.2, -0.15) is 0 Å². The zero-order valence-corrected chi connectivity index (χ0v) is 18.2. The molecule has 0 fully saturated rings. The van der Waals surface area contributed by atoms with Crippen LogP contribution in [-0.2, 0) is 13.5 Å². The summed E-state index contributed by atoms with van der Waals surface area (Å²) in [5.41, 5.74) is 6.95.